The zero-order valence-electron chi connectivity index (χ0n) is 17.1. The molecule has 4 heteroatoms. The SMILES string of the molecule is CC(C)N1CCCc2cccc(OCC3CN(Cc4ccccc4)CCO3)c21. The van der Waals surface area contributed by atoms with E-state index in [1.165, 1.54) is 23.2 Å². The molecule has 0 saturated carbocycles. The van der Waals surface area contributed by atoms with Gasteiger partial charge in [0.1, 0.15) is 18.5 Å². The Kier molecular flexibility index (Phi) is 6.18. The highest BCUT2D eigenvalue weighted by atomic mass is 16.5. The maximum atomic E-state index is 6.33. The number of rotatable bonds is 6. The Hall–Kier alpha value is -2.04. The predicted octanol–water partition coefficient (Wildman–Crippen LogP) is 4.13. The number of hydrogen-bond acceptors (Lipinski definition) is 4. The Morgan fingerprint density at radius 1 is 1.07 bits per heavy atom. The van der Waals surface area contributed by atoms with Gasteiger partial charge in [-0.25, -0.2) is 0 Å². The number of para-hydroxylation sites is 1. The van der Waals surface area contributed by atoms with Crippen molar-refractivity contribution >= 4 is 5.69 Å². The maximum absolute atomic E-state index is 6.33. The van der Waals surface area contributed by atoms with Crippen LogP contribution >= 0.6 is 0 Å². The van der Waals surface area contributed by atoms with Crippen LogP contribution in [-0.4, -0.2) is 49.9 Å². The van der Waals surface area contributed by atoms with Crippen LogP contribution in [-0.2, 0) is 17.7 Å². The largest absolute Gasteiger partial charge is 0.489 e. The van der Waals surface area contributed by atoms with Crippen LogP contribution in [0.4, 0.5) is 5.69 Å². The fraction of sp³-hybridized carbons (Fsp3) is 0.500. The first kappa shape index (κ1) is 19.3. The highest BCUT2D eigenvalue weighted by Gasteiger charge is 2.25. The summed E-state index contributed by atoms with van der Waals surface area (Å²) < 4.78 is 12.3. The number of anilines is 1. The molecule has 28 heavy (non-hydrogen) atoms. The Labute approximate surface area is 169 Å². The first-order valence-corrected chi connectivity index (χ1v) is 10.6. The number of benzene rings is 2. The molecule has 2 aromatic rings. The summed E-state index contributed by atoms with van der Waals surface area (Å²) in [5, 5.41) is 0. The van der Waals surface area contributed by atoms with Gasteiger partial charge in [0.15, 0.2) is 0 Å². The van der Waals surface area contributed by atoms with Crippen LogP contribution in [0.15, 0.2) is 48.5 Å². The zero-order valence-corrected chi connectivity index (χ0v) is 17.1. The summed E-state index contributed by atoms with van der Waals surface area (Å²) in [6.07, 6.45) is 2.47. The smallest absolute Gasteiger partial charge is 0.143 e. The minimum absolute atomic E-state index is 0.115. The number of hydrogen-bond donors (Lipinski definition) is 0. The summed E-state index contributed by atoms with van der Waals surface area (Å²) in [4.78, 5) is 4.95. The second kappa shape index (κ2) is 8.97. The Morgan fingerprint density at radius 2 is 1.93 bits per heavy atom. The first-order valence-electron chi connectivity index (χ1n) is 10.6. The molecule has 0 spiro atoms. The highest BCUT2D eigenvalue weighted by molar-refractivity contribution is 5.65. The van der Waals surface area contributed by atoms with Crippen LogP contribution in [0.3, 0.4) is 0 Å². The molecule has 0 bridgehead atoms. The molecular formula is C24H32N2O2. The van der Waals surface area contributed by atoms with E-state index < -0.39 is 0 Å². The van der Waals surface area contributed by atoms with E-state index in [1.807, 2.05) is 0 Å². The molecule has 0 N–H and O–H groups in total. The van der Waals surface area contributed by atoms with Crippen molar-refractivity contribution in [3.8, 4) is 5.75 Å². The molecule has 2 heterocycles. The summed E-state index contributed by atoms with van der Waals surface area (Å²) in [5.41, 5.74) is 4.06. The lowest BCUT2D eigenvalue weighted by Gasteiger charge is -2.37. The lowest BCUT2D eigenvalue weighted by Crippen LogP contribution is -2.44. The number of aryl methyl sites for hydroxylation is 1. The van der Waals surface area contributed by atoms with E-state index >= 15 is 0 Å². The van der Waals surface area contributed by atoms with Crippen molar-refractivity contribution in [2.24, 2.45) is 0 Å². The van der Waals surface area contributed by atoms with Crippen LogP contribution in [0.2, 0.25) is 0 Å². The Morgan fingerprint density at radius 3 is 2.75 bits per heavy atom. The lowest BCUT2D eigenvalue weighted by molar-refractivity contribution is -0.0503. The molecule has 0 radical (unpaired) electrons. The van der Waals surface area contributed by atoms with Crippen LogP contribution < -0.4 is 9.64 Å². The summed E-state index contributed by atoms with van der Waals surface area (Å²) in [5.74, 6) is 1.01. The molecule has 0 aliphatic carbocycles. The third-order valence-corrected chi connectivity index (χ3v) is 5.73. The van der Waals surface area contributed by atoms with Crippen LogP contribution in [0, 0.1) is 0 Å². The van der Waals surface area contributed by atoms with Crippen molar-refractivity contribution in [2.75, 3.05) is 37.7 Å². The topological polar surface area (TPSA) is 24.9 Å². The molecule has 1 fully saturated rings. The number of nitrogens with zero attached hydrogens (tertiary/aromatic N) is 2. The van der Waals surface area contributed by atoms with Crippen LogP contribution in [0.25, 0.3) is 0 Å². The van der Waals surface area contributed by atoms with Gasteiger partial charge >= 0.3 is 0 Å². The molecule has 1 unspecified atom stereocenters. The molecular weight excluding hydrogens is 348 g/mol. The first-order chi connectivity index (χ1) is 13.7. The van der Waals surface area contributed by atoms with Gasteiger partial charge in [-0.1, -0.05) is 42.5 Å². The third kappa shape index (κ3) is 4.50. The fourth-order valence-electron chi connectivity index (χ4n) is 4.33. The van der Waals surface area contributed by atoms with Crippen molar-refractivity contribution in [2.45, 2.75) is 45.4 Å². The van der Waals surface area contributed by atoms with Gasteiger partial charge < -0.3 is 14.4 Å². The zero-order chi connectivity index (χ0) is 19.3. The van der Waals surface area contributed by atoms with Gasteiger partial charge in [-0.3, -0.25) is 4.90 Å². The number of fused-ring (bicyclic) bond motifs is 1. The molecule has 1 saturated heterocycles. The van der Waals surface area contributed by atoms with Gasteiger partial charge in [0.2, 0.25) is 0 Å². The summed E-state index contributed by atoms with van der Waals surface area (Å²) in [7, 11) is 0. The quantitative estimate of drug-likeness (QED) is 0.752. The van der Waals surface area contributed by atoms with E-state index in [-0.39, 0.29) is 6.10 Å². The normalized spacial score (nSPS) is 20.2. The molecule has 2 aliphatic rings. The van der Waals surface area contributed by atoms with Gasteiger partial charge in [0.05, 0.1) is 12.3 Å². The second-order valence-electron chi connectivity index (χ2n) is 8.18. The van der Waals surface area contributed by atoms with Crippen molar-refractivity contribution in [1.82, 2.24) is 4.90 Å². The van der Waals surface area contributed by atoms with Gasteiger partial charge in [-0.05, 0) is 43.9 Å². The van der Waals surface area contributed by atoms with E-state index in [9.17, 15) is 0 Å². The lowest BCUT2D eigenvalue weighted by atomic mass is 9.99. The third-order valence-electron chi connectivity index (χ3n) is 5.73. The van der Waals surface area contributed by atoms with Crippen LogP contribution in [0.1, 0.15) is 31.4 Å². The highest BCUT2D eigenvalue weighted by Crippen LogP contribution is 2.37. The molecule has 0 aromatic heterocycles. The monoisotopic (exact) mass is 380 g/mol. The van der Waals surface area contributed by atoms with Gasteiger partial charge in [0, 0.05) is 32.2 Å². The average Bonchev–Trinajstić information content (AvgIpc) is 2.72. The molecule has 0 amide bonds. The summed E-state index contributed by atoms with van der Waals surface area (Å²) in [6, 6.07) is 17.6. The number of ether oxygens (including phenoxy) is 2. The van der Waals surface area contributed by atoms with Gasteiger partial charge in [-0.15, -0.1) is 0 Å². The summed E-state index contributed by atoms with van der Waals surface area (Å²) in [6.45, 7) is 9.87. The van der Waals surface area contributed by atoms with E-state index in [0.717, 1.165) is 45.0 Å². The minimum atomic E-state index is 0.115. The van der Waals surface area contributed by atoms with Crippen molar-refractivity contribution in [3.05, 3.63) is 59.7 Å². The van der Waals surface area contributed by atoms with Gasteiger partial charge in [-0.2, -0.15) is 0 Å². The maximum Gasteiger partial charge on any atom is 0.143 e. The van der Waals surface area contributed by atoms with Crippen molar-refractivity contribution in [1.29, 1.82) is 0 Å². The minimum Gasteiger partial charge on any atom is -0.489 e. The molecule has 2 aromatic carbocycles. The summed E-state index contributed by atoms with van der Waals surface area (Å²) >= 11 is 0. The second-order valence-corrected chi connectivity index (χ2v) is 8.18. The molecule has 1 atom stereocenters. The standard InChI is InChI=1S/C24H32N2O2/c1-19(2)26-13-7-11-21-10-6-12-23(24(21)26)28-18-22-17-25(14-15-27-22)16-20-8-4-3-5-9-20/h3-6,8-10,12,19,22H,7,11,13-18H2,1-2H3. The predicted molar refractivity (Wildman–Crippen MR) is 114 cm³/mol. The Bertz CT molecular complexity index is 762. The molecule has 150 valence electrons. The average molecular weight is 381 g/mol. The molecule has 4 nitrogen and oxygen atoms in total. The van der Waals surface area contributed by atoms with E-state index in [0.29, 0.717) is 12.6 Å². The van der Waals surface area contributed by atoms with E-state index in [4.69, 9.17) is 9.47 Å². The Balaban J connectivity index is 1.39. The molecule has 2 aliphatic heterocycles. The fourth-order valence-corrected chi connectivity index (χ4v) is 4.33. The number of morpholine rings is 1. The van der Waals surface area contributed by atoms with E-state index in [1.54, 1.807) is 0 Å². The van der Waals surface area contributed by atoms with Crippen molar-refractivity contribution in [3.63, 3.8) is 0 Å². The van der Waals surface area contributed by atoms with Crippen molar-refractivity contribution < 1.29 is 9.47 Å². The van der Waals surface area contributed by atoms with Gasteiger partial charge in [0.25, 0.3) is 0 Å². The van der Waals surface area contributed by atoms with Crippen LogP contribution in [0.5, 0.6) is 5.75 Å². The molecule has 4 rings (SSSR count). The van der Waals surface area contributed by atoms with E-state index in [2.05, 4.69) is 72.2 Å².